The number of halogens is 1. The average Bonchev–Trinajstić information content (AvgIpc) is 2.69. The monoisotopic (exact) mass is 388 g/mol. The van der Waals surface area contributed by atoms with Crippen molar-refractivity contribution in [2.75, 3.05) is 25.0 Å². The Morgan fingerprint density at radius 1 is 0.929 bits per heavy atom. The Bertz CT molecular complexity index is 810. The fourth-order valence-corrected chi connectivity index (χ4v) is 2.35. The van der Waals surface area contributed by atoms with Crippen molar-refractivity contribution < 1.29 is 18.9 Å². The van der Waals surface area contributed by atoms with Crippen LogP contribution in [0, 0.1) is 15.9 Å². The normalized spacial score (nSPS) is 10.2. The zero-order chi connectivity index (χ0) is 20.4. The third-order valence-electron chi connectivity index (χ3n) is 3.83. The summed E-state index contributed by atoms with van der Waals surface area (Å²) in [4.78, 5) is 33.7. The highest BCUT2D eigenvalue weighted by Crippen LogP contribution is 2.14. The molecule has 148 valence electrons. The Hall–Kier alpha value is -3.49. The van der Waals surface area contributed by atoms with Gasteiger partial charge in [-0.25, -0.2) is 4.39 Å². The van der Waals surface area contributed by atoms with Crippen LogP contribution in [0.5, 0.6) is 0 Å². The van der Waals surface area contributed by atoms with E-state index in [2.05, 4.69) is 16.0 Å². The molecule has 3 N–H and O–H groups in total. The molecule has 0 heterocycles. The third kappa shape index (κ3) is 7.02. The van der Waals surface area contributed by atoms with Crippen molar-refractivity contribution in [1.82, 2.24) is 10.6 Å². The molecule has 0 aliphatic carbocycles. The molecular formula is C19H21FN4O4. The van der Waals surface area contributed by atoms with E-state index in [4.69, 9.17) is 0 Å². The number of benzene rings is 2. The number of non-ortho nitro benzene ring substituents is 1. The summed E-state index contributed by atoms with van der Waals surface area (Å²) in [5.41, 5.74) is 1.11. The average molecular weight is 388 g/mol. The van der Waals surface area contributed by atoms with Crippen LogP contribution in [-0.2, 0) is 4.79 Å². The van der Waals surface area contributed by atoms with E-state index in [1.807, 2.05) is 0 Å². The number of nitrogens with zero attached hydrogens (tertiary/aromatic N) is 1. The fraction of sp³-hybridized carbons (Fsp3) is 0.263. The van der Waals surface area contributed by atoms with E-state index in [1.54, 1.807) is 12.1 Å². The van der Waals surface area contributed by atoms with Crippen LogP contribution in [0.25, 0.3) is 0 Å². The summed E-state index contributed by atoms with van der Waals surface area (Å²) in [7, 11) is 0. The lowest BCUT2D eigenvalue weighted by molar-refractivity contribution is -0.384. The van der Waals surface area contributed by atoms with Crippen molar-refractivity contribution in [3.63, 3.8) is 0 Å². The summed E-state index contributed by atoms with van der Waals surface area (Å²) in [5, 5.41) is 19.0. The van der Waals surface area contributed by atoms with E-state index in [0.717, 1.165) is 5.69 Å². The molecule has 2 rings (SSSR count). The van der Waals surface area contributed by atoms with Gasteiger partial charge in [0.15, 0.2) is 0 Å². The highest BCUT2D eigenvalue weighted by molar-refractivity contribution is 5.94. The number of hydrogen-bond acceptors (Lipinski definition) is 5. The van der Waals surface area contributed by atoms with Gasteiger partial charge in [-0.05, 0) is 42.8 Å². The molecule has 2 amide bonds. The second-order valence-electron chi connectivity index (χ2n) is 5.95. The first-order valence-electron chi connectivity index (χ1n) is 8.74. The largest absolute Gasteiger partial charge is 0.383 e. The van der Waals surface area contributed by atoms with E-state index >= 15 is 0 Å². The molecule has 0 aliphatic rings. The predicted molar refractivity (Wildman–Crippen MR) is 103 cm³/mol. The van der Waals surface area contributed by atoms with Gasteiger partial charge in [-0.3, -0.25) is 19.7 Å². The van der Waals surface area contributed by atoms with Crippen LogP contribution in [-0.4, -0.2) is 36.4 Å². The third-order valence-corrected chi connectivity index (χ3v) is 3.83. The van der Waals surface area contributed by atoms with Crippen molar-refractivity contribution in [1.29, 1.82) is 0 Å². The molecule has 28 heavy (non-hydrogen) atoms. The number of nitrogens with one attached hydrogen (secondary N) is 3. The minimum Gasteiger partial charge on any atom is -0.383 e. The van der Waals surface area contributed by atoms with Crippen LogP contribution in [0.2, 0.25) is 0 Å². The second kappa shape index (κ2) is 10.6. The van der Waals surface area contributed by atoms with E-state index in [1.165, 1.54) is 36.4 Å². The van der Waals surface area contributed by atoms with Crippen LogP contribution >= 0.6 is 0 Å². The number of nitro benzene ring substituents is 1. The number of rotatable bonds is 10. The predicted octanol–water partition coefficient (Wildman–Crippen LogP) is 2.47. The quantitative estimate of drug-likeness (QED) is 0.329. The summed E-state index contributed by atoms with van der Waals surface area (Å²) in [5.74, 6) is -0.856. The van der Waals surface area contributed by atoms with Gasteiger partial charge in [-0.2, -0.15) is 0 Å². The minimum atomic E-state index is -0.466. The molecule has 0 unspecified atom stereocenters. The van der Waals surface area contributed by atoms with Gasteiger partial charge in [-0.15, -0.1) is 0 Å². The molecule has 0 spiro atoms. The first-order valence-corrected chi connectivity index (χ1v) is 8.74. The van der Waals surface area contributed by atoms with Crippen molar-refractivity contribution in [3.8, 4) is 0 Å². The molecule has 0 radical (unpaired) electrons. The maximum atomic E-state index is 12.8. The summed E-state index contributed by atoms with van der Waals surface area (Å²) in [6.45, 7) is 1.22. The molecule has 2 aromatic rings. The van der Waals surface area contributed by atoms with Crippen molar-refractivity contribution in [2.45, 2.75) is 12.8 Å². The van der Waals surface area contributed by atoms with Crippen LogP contribution in [0.3, 0.4) is 0 Å². The van der Waals surface area contributed by atoms with Gasteiger partial charge in [0.1, 0.15) is 5.82 Å². The van der Waals surface area contributed by atoms with Gasteiger partial charge >= 0.3 is 0 Å². The van der Waals surface area contributed by atoms with E-state index in [9.17, 15) is 24.1 Å². The lowest BCUT2D eigenvalue weighted by atomic mass is 10.2. The van der Waals surface area contributed by atoms with E-state index < -0.39 is 10.7 Å². The molecular weight excluding hydrogens is 367 g/mol. The number of amides is 2. The van der Waals surface area contributed by atoms with Crippen LogP contribution in [0.15, 0.2) is 48.5 Å². The Morgan fingerprint density at radius 3 is 2.25 bits per heavy atom. The highest BCUT2D eigenvalue weighted by atomic mass is 19.1. The highest BCUT2D eigenvalue weighted by Gasteiger charge is 2.06. The van der Waals surface area contributed by atoms with E-state index in [-0.39, 0.29) is 23.9 Å². The van der Waals surface area contributed by atoms with Gasteiger partial charge in [0, 0.05) is 49.4 Å². The standard InChI is InChI=1S/C19H21FN4O4/c20-15-5-3-14(4-6-15)19(26)23-11-1-2-18(25)22-13-12-21-16-7-9-17(10-8-16)24(27)28/h3-10,21H,1-2,11-13H2,(H,22,25)(H,23,26). The van der Waals surface area contributed by atoms with Gasteiger partial charge in [0.25, 0.3) is 11.6 Å². The maximum Gasteiger partial charge on any atom is 0.269 e. The van der Waals surface area contributed by atoms with Crippen molar-refractivity contribution in [2.24, 2.45) is 0 Å². The van der Waals surface area contributed by atoms with Crippen molar-refractivity contribution >= 4 is 23.2 Å². The van der Waals surface area contributed by atoms with Gasteiger partial charge in [0.05, 0.1) is 4.92 Å². The number of hydrogen-bond donors (Lipinski definition) is 3. The van der Waals surface area contributed by atoms with Gasteiger partial charge in [-0.1, -0.05) is 0 Å². The number of nitro groups is 1. The molecule has 0 saturated heterocycles. The maximum absolute atomic E-state index is 12.8. The number of carbonyl (C=O) groups is 2. The summed E-state index contributed by atoms with van der Waals surface area (Å²) in [6.07, 6.45) is 0.746. The number of carbonyl (C=O) groups excluding carboxylic acids is 2. The molecule has 0 saturated carbocycles. The zero-order valence-electron chi connectivity index (χ0n) is 15.1. The number of anilines is 1. The van der Waals surface area contributed by atoms with Gasteiger partial charge in [0.2, 0.25) is 5.91 Å². The Balaban J connectivity index is 1.55. The zero-order valence-corrected chi connectivity index (χ0v) is 15.1. The molecule has 0 aromatic heterocycles. The van der Waals surface area contributed by atoms with E-state index in [0.29, 0.717) is 31.6 Å². The summed E-state index contributed by atoms with van der Waals surface area (Å²) >= 11 is 0. The molecule has 0 fully saturated rings. The lowest BCUT2D eigenvalue weighted by Gasteiger charge is -2.08. The smallest absolute Gasteiger partial charge is 0.269 e. The summed E-state index contributed by atoms with van der Waals surface area (Å²) < 4.78 is 12.8. The SMILES string of the molecule is O=C(CCCNC(=O)c1ccc(F)cc1)NCCNc1ccc([N+](=O)[O-])cc1. The minimum absolute atomic E-state index is 0.0189. The van der Waals surface area contributed by atoms with Crippen LogP contribution in [0.1, 0.15) is 23.2 Å². The molecule has 0 atom stereocenters. The second-order valence-corrected chi connectivity index (χ2v) is 5.95. The van der Waals surface area contributed by atoms with Gasteiger partial charge < -0.3 is 16.0 Å². The van der Waals surface area contributed by atoms with Crippen LogP contribution in [0.4, 0.5) is 15.8 Å². The molecule has 2 aromatic carbocycles. The Kier molecular flexibility index (Phi) is 7.89. The Labute approximate surface area is 161 Å². The Morgan fingerprint density at radius 2 is 1.61 bits per heavy atom. The van der Waals surface area contributed by atoms with Crippen LogP contribution < -0.4 is 16.0 Å². The summed E-state index contributed by atoms with van der Waals surface area (Å²) in [6, 6.07) is 11.2. The van der Waals surface area contributed by atoms with Crippen molar-refractivity contribution in [3.05, 3.63) is 70.0 Å². The molecule has 8 nitrogen and oxygen atoms in total. The lowest BCUT2D eigenvalue weighted by Crippen LogP contribution is -2.30. The topological polar surface area (TPSA) is 113 Å². The molecule has 0 bridgehead atoms. The molecule has 9 heteroatoms. The first kappa shape index (κ1) is 20.8. The first-order chi connectivity index (χ1) is 13.5. The molecule has 0 aliphatic heterocycles. The fourth-order valence-electron chi connectivity index (χ4n) is 2.35.